The van der Waals surface area contributed by atoms with Gasteiger partial charge in [0, 0.05) is 27.2 Å². The minimum absolute atomic E-state index is 0.0423. The molecule has 0 fully saturated rings. The highest BCUT2D eigenvalue weighted by Crippen LogP contribution is 2.60. The second-order valence-corrected chi connectivity index (χ2v) is 15.2. The van der Waals surface area contributed by atoms with Crippen molar-refractivity contribution in [2.75, 3.05) is 11.5 Å². The number of unbranched alkanes of at least 4 members (excludes halogenated alkanes) is 3. The molecule has 4 rings (SSSR count). The van der Waals surface area contributed by atoms with Gasteiger partial charge >= 0.3 is 6.80 Å². The van der Waals surface area contributed by atoms with Crippen molar-refractivity contribution in [2.24, 2.45) is 0 Å². The van der Waals surface area contributed by atoms with Crippen molar-refractivity contribution >= 4 is 50.8 Å². The Morgan fingerprint density at radius 1 is 0.949 bits per heavy atom. The quantitative estimate of drug-likeness (QED) is 0.0897. The Labute approximate surface area is 237 Å². The van der Waals surface area contributed by atoms with Gasteiger partial charge in [-0.2, -0.15) is 0 Å². The number of hydrogen-bond acceptors (Lipinski definition) is 7. The first-order valence-electron chi connectivity index (χ1n) is 13.5. The Morgan fingerprint density at radius 2 is 1.79 bits per heavy atom. The Morgan fingerprint density at radius 3 is 2.56 bits per heavy atom. The molecule has 4 aromatic rings. The number of hydrogen-bond donors (Lipinski definition) is 1. The Hall–Kier alpha value is -2.54. The maximum Gasteiger partial charge on any atom is 0.492 e. The molecule has 0 saturated heterocycles. The molecule has 208 valence electrons. The predicted octanol–water partition coefficient (Wildman–Crippen LogP) is 9.05. The Bertz CT molecular complexity index is 1510. The lowest BCUT2D eigenvalue weighted by Crippen LogP contribution is -2.01. The largest absolute Gasteiger partial charge is 0.507 e. The first kappa shape index (κ1) is 29.4. The van der Waals surface area contributed by atoms with Crippen LogP contribution in [-0.4, -0.2) is 25.8 Å². The number of aromatic nitrogens is 1. The van der Waals surface area contributed by atoms with Crippen molar-refractivity contribution in [3.63, 3.8) is 0 Å². The summed E-state index contributed by atoms with van der Waals surface area (Å²) in [5.41, 5.74) is 2.12. The van der Waals surface area contributed by atoms with Crippen molar-refractivity contribution in [1.82, 2.24) is 4.98 Å². The van der Waals surface area contributed by atoms with Gasteiger partial charge in [0.2, 0.25) is 0 Å². The second kappa shape index (κ2) is 13.7. The van der Waals surface area contributed by atoms with E-state index in [1.54, 1.807) is 18.2 Å². The molecule has 0 radical (unpaired) electrons. The smallest absolute Gasteiger partial charge is 0.492 e. The summed E-state index contributed by atoms with van der Waals surface area (Å²) in [7, 11) is -1.13. The van der Waals surface area contributed by atoms with Gasteiger partial charge in [-0.3, -0.25) is 4.21 Å². The van der Waals surface area contributed by atoms with Crippen molar-refractivity contribution in [1.29, 1.82) is 0 Å². The highest BCUT2D eigenvalue weighted by atomic mass is 32.7. The second-order valence-electron chi connectivity index (χ2n) is 9.38. The maximum atomic E-state index is 14.1. The minimum Gasteiger partial charge on any atom is -0.507 e. The van der Waals surface area contributed by atoms with Gasteiger partial charge in [-0.05, 0) is 78.7 Å². The summed E-state index contributed by atoms with van der Waals surface area (Å²) in [6.45, 7) is 2.37. The van der Waals surface area contributed by atoms with Crippen molar-refractivity contribution in [3.05, 3.63) is 66.2 Å². The molecule has 2 unspecified atom stereocenters. The van der Waals surface area contributed by atoms with E-state index in [-0.39, 0.29) is 11.5 Å². The molecule has 0 aliphatic rings. The van der Waals surface area contributed by atoms with E-state index in [1.807, 2.05) is 44.2 Å². The van der Waals surface area contributed by atoms with E-state index in [2.05, 4.69) is 13.0 Å². The summed E-state index contributed by atoms with van der Waals surface area (Å²) in [6.07, 6.45) is 6.43. The van der Waals surface area contributed by atoms with E-state index < -0.39 is 17.6 Å². The van der Waals surface area contributed by atoms with Crippen LogP contribution in [0.1, 0.15) is 58.4 Å². The lowest BCUT2D eigenvalue weighted by molar-refractivity contribution is 0.408. The number of rotatable bonds is 14. The van der Waals surface area contributed by atoms with E-state index in [4.69, 9.17) is 14.0 Å². The normalized spacial score (nSPS) is 13.8. The van der Waals surface area contributed by atoms with Crippen LogP contribution in [0.5, 0.6) is 17.2 Å². The van der Waals surface area contributed by atoms with Gasteiger partial charge in [0.05, 0.1) is 16.3 Å². The molecular formula is C30H36NO5PS2. The highest BCUT2D eigenvalue weighted by molar-refractivity contribution is 8.55. The van der Waals surface area contributed by atoms with E-state index in [0.29, 0.717) is 38.6 Å². The van der Waals surface area contributed by atoms with E-state index in [1.165, 1.54) is 25.3 Å². The molecular weight excluding hydrogens is 549 g/mol. The van der Waals surface area contributed by atoms with Gasteiger partial charge in [-0.25, -0.2) is 9.55 Å². The molecule has 9 heteroatoms. The number of nitrogens with zero attached hydrogens (tertiary/aromatic N) is 1. The molecule has 6 nitrogen and oxygen atoms in total. The maximum absolute atomic E-state index is 14.1. The number of aromatic hydroxyl groups is 1. The lowest BCUT2D eigenvalue weighted by atomic mass is 10.1. The third-order valence-electron chi connectivity index (χ3n) is 6.31. The average Bonchev–Trinajstić information content (AvgIpc) is 2.94. The van der Waals surface area contributed by atoms with Crippen LogP contribution >= 0.6 is 18.2 Å². The van der Waals surface area contributed by atoms with Gasteiger partial charge in [-0.15, -0.1) is 0 Å². The molecule has 39 heavy (non-hydrogen) atoms. The van der Waals surface area contributed by atoms with Crippen molar-refractivity contribution in [3.8, 4) is 17.2 Å². The summed E-state index contributed by atoms with van der Waals surface area (Å²) < 4.78 is 38.7. The average molecular weight is 586 g/mol. The first-order chi connectivity index (χ1) is 18.9. The number of phenols is 1. The zero-order chi connectivity index (χ0) is 27.8. The molecule has 0 amide bonds. The summed E-state index contributed by atoms with van der Waals surface area (Å²) in [4.78, 5) is 5.43. The highest BCUT2D eigenvalue weighted by Gasteiger charge is 2.30. The summed E-state index contributed by atoms with van der Waals surface area (Å²) >= 11 is 1.15. The van der Waals surface area contributed by atoms with E-state index in [9.17, 15) is 13.9 Å². The third-order valence-corrected chi connectivity index (χ3v) is 11.3. The molecule has 1 heterocycles. The molecule has 0 aliphatic carbocycles. The van der Waals surface area contributed by atoms with Crippen LogP contribution in [0.25, 0.3) is 21.8 Å². The van der Waals surface area contributed by atoms with Crippen LogP contribution in [0.3, 0.4) is 0 Å². The van der Waals surface area contributed by atoms with Crippen LogP contribution in [-0.2, 0) is 21.8 Å². The molecule has 3 aromatic carbocycles. The number of aryl methyl sites for hydroxylation is 1. The van der Waals surface area contributed by atoms with E-state index >= 15 is 0 Å². The molecule has 1 aromatic heterocycles. The fraction of sp³-hybridized carbons (Fsp3) is 0.367. The molecule has 0 aliphatic heterocycles. The minimum atomic E-state index is -3.70. The summed E-state index contributed by atoms with van der Waals surface area (Å²) in [5.74, 6) is 1.90. The van der Waals surface area contributed by atoms with E-state index in [0.717, 1.165) is 41.6 Å². The zero-order valence-corrected chi connectivity index (χ0v) is 25.2. The van der Waals surface area contributed by atoms with Crippen LogP contribution < -0.4 is 9.05 Å². The first-order valence-corrected chi connectivity index (χ1v) is 18.0. The molecule has 0 saturated carbocycles. The van der Waals surface area contributed by atoms with Gasteiger partial charge in [0.1, 0.15) is 17.0 Å². The molecule has 1 N–H and O–H groups in total. The lowest BCUT2D eigenvalue weighted by Gasteiger charge is -2.20. The topological polar surface area (TPSA) is 85.7 Å². The Balaban J connectivity index is 1.68. The van der Waals surface area contributed by atoms with Crippen LogP contribution in [0.2, 0.25) is 0 Å². The number of pyridine rings is 1. The number of benzene rings is 3. The monoisotopic (exact) mass is 585 g/mol. The van der Waals surface area contributed by atoms with Gasteiger partial charge in [-0.1, -0.05) is 58.2 Å². The molecule has 0 spiro atoms. The summed E-state index contributed by atoms with van der Waals surface area (Å²) in [6, 6.07) is 18.0. The standard InChI is InChI=1S/C30H36NO5PS2/c1-4-7-8-9-11-22-12-10-13-24(19-22)35-37(33,38-18-5-2)36-29-17-16-28(32)26-20-23-14-15-25(39(34)6-3)21-27(23)31-30(26)29/h10,12-17,19-21,32H,4-9,11,18H2,1-3H3. The fourth-order valence-electron chi connectivity index (χ4n) is 4.27. The third kappa shape index (κ3) is 7.56. The SMILES string of the molecule is CCCCCCc1cccc(OP(=O)(Oc2ccc(O)c3cc4ccc(S(=O)CC)cc4nc23)SCCC)c1. The predicted molar refractivity (Wildman–Crippen MR) is 164 cm³/mol. The van der Waals surface area contributed by atoms with Gasteiger partial charge in [0.15, 0.2) is 5.75 Å². The molecule has 0 bridgehead atoms. The number of fused-ring (bicyclic) bond motifs is 2. The number of phenolic OH excluding ortho intramolecular Hbond substituents is 1. The van der Waals surface area contributed by atoms with Crippen molar-refractivity contribution in [2.45, 2.75) is 64.2 Å². The van der Waals surface area contributed by atoms with Crippen LogP contribution in [0, 0.1) is 0 Å². The van der Waals surface area contributed by atoms with Gasteiger partial charge in [0.25, 0.3) is 0 Å². The summed E-state index contributed by atoms with van der Waals surface area (Å²) in [5, 5.41) is 11.9. The zero-order valence-electron chi connectivity index (χ0n) is 22.7. The molecule has 2 atom stereocenters. The van der Waals surface area contributed by atoms with Crippen molar-refractivity contribution < 1.29 is 22.9 Å². The van der Waals surface area contributed by atoms with Gasteiger partial charge < -0.3 is 14.2 Å². The van der Waals surface area contributed by atoms with Crippen LogP contribution in [0.15, 0.2) is 65.6 Å². The fourth-order valence-corrected chi connectivity index (χ4v) is 8.41. The van der Waals surface area contributed by atoms with Crippen LogP contribution in [0.4, 0.5) is 0 Å². The Kier molecular flexibility index (Phi) is 10.3.